The minimum Gasteiger partial charge on any atom is -0.306 e. The maximum absolute atomic E-state index is 14.2. The first kappa shape index (κ1) is 14.7. The first-order chi connectivity index (χ1) is 9.54. The molecule has 0 radical (unpaired) electrons. The molecular weight excluding hydrogens is 256 g/mol. The lowest BCUT2D eigenvalue weighted by Gasteiger charge is -2.22. The Kier molecular flexibility index (Phi) is 4.50. The molecule has 20 heavy (non-hydrogen) atoms. The molecule has 0 saturated heterocycles. The molecule has 1 atom stereocenters. The summed E-state index contributed by atoms with van der Waals surface area (Å²) in [6.45, 7) is 6.17. The first-order valence-electron chi connectivity index (χ1n) is 6.79. The second-order valence-electron chi connectivity index (χ2n) is 4.97. The van der Waals surface area contributed by atoms with Crippen LogP contribution in [0.1, 0.15) is 35.2 Å². The van der Waals surface area contributed by atoms with Crippen molar-refractivity contribution in [1.29, 1.82) is 0 Å². The van der Waals surface area contributed by atoms with Crippen LogP contribution in [0.4, 0.5) is 8.78 Å². The summed E-state index contributed by atoms with van der Waals surface area (Å²) in [5.74, 6) is -0.754. The fraction of sp³-hybridized carbons (Fsp3) is 0.294. The predicted molar refractivity (Wildman–Crippen MR) is 77.8 cm³/mol. The minimum atomic E-state index is -0.377. The van der Waals surface area contributed by atoms with Crippen molar-refractivity contribution in [2.45, 2.75) is 26.8 Å². The van der Waals surface area contributed by atoms with Gasteiger partial charge in [0.05, 0.1) is 6.04 Å². The summed E-state index contributed by atoms with van der Waals surface area (Å²) >= 11 is 0. The molecule has 0 bridgehead atoms. The van der Waals surface area contributed by atoms with Gasteiger partial charge in [0.2, 0.25) is 0 Å². The zero-order valence-electron chi connectivity index (χ0n) is 12.0. The van der Waals surface area contributed by atoms with Gasteiger partial charge in [0.1, 0.15) is 11.6 Å². The Morgan fingerprint density at radius 1 is 0.950 bits per heavy atom. The Bertz CT molecular complexity index is 608. The van der Waals surface area contributed by atoms with Gasteiger partial charge in [-0.1, -0.05) is 31.2 Å². The van der Waals surface area contributed by atoms with E-state index >= 15 is 0 Å². The van der Waals surface area contributed by atoms with Crippen molar-refractivity contribution in [3.8, 4) is 0 Å². The van der Waals surface area contributed by atoms with E-state index in [1.54, 1.807) is 6.92 Å². The number of nitrogens with one attached hydrogen (secondary N) is 1. The molecule has 1 N–H and O–H groups in total. The third-order valence-corrected chi connectivity index (χ3v) is 3.50. The second-order valence-corrected chi connectivity index (χ2v) is 4.97. The summed E-state index contributed by atoms with van der Waals surface area (Å²) in [6.07, 6.45) is 0. The van der Waals surface area contributed by atoms with Gasteiger partial charge in [-0.25, -0.2) is 8.78 Å². The molecule has 0 aromatic heterocycles. The van der Waals surface area contributed by atoms with Crippen molar-refractivity contribution in [1.82, 2.24) is 5.32 Å². The number of rotatable bonds is 4. The molecule has 106 valence electrons. The highest BCUT2D eigenvalue weighted by Gasteiger charge is 2.20. The summed E-state index contributed by atoms with van der Waals surface area (Å²) in [5, 5.41) is 3.24. The Hall–Kier alpha value is -1.74. The fourth-order valence-corrected chi connectivity index (χ4v) is 2.39. The van der Waals surface area contributed by atoms with E-state index in [1.807, 2.05) is 38.1 Å². The molecule has 0 amide bonds. The van der Waals surface area contributed by atoms with Crippen LogP contribution in [0.5, 0.6) is 0 Å². The van der Waals surface area contributed by atoms with Crippen molar-refractivity contribution >= 4 is 0 Å². The molecule has 0 aliphatic heterocycles. The Morgan fingerprint density at radius 2 is 1.65 bits per heavy atom. The van der Waals surface area contributed by atoms with E-state index < -0.39 is 0 Å². The molecule has 3 heteroatoms. The molecule has 1 unspecified atom stereocenters. The number of hydrogen-bond donors (Lipinski definition) is 1. The SMILES string of the molecule is CCNC(c1ccccc1C)c1cc(F)c(C)cc1F. The lowest BCUT2D eigenvalue weighted by atomic mass is 9.93. The van der Waals surface area contributed by atoms with E-state index in [1.165, 1.54) is 12.1 Å². The molecule has 0 spiro atoms. The summed E-state index contributed by atoms with van der Waals surface area (Å²) in [7, 11) is 0. The van der Waals surface area contributed by atoms with Crippen LogP contribution >= 0.6 is 0 Å². The third kappa shape index (κ3) is 2.88. The van der Waals surface area contributed by atoms with Crippen molar-refractivity contribution in [2.75, 3.05) is 6.54 Å². The molecule has 0 saturated carbocycles. The van der Waals surface area contributed by atoms with Gasteiger partial charge < -0.3 is 5.32 Å². The number of hydrogen-bond acceptors (Lipinski definition) is 1. The van der Waals surface area contributed by atoms with Gasteiger partial charge in [0.25, 0.3) is 0 Å². The van der Waals surface area contributed by atoms with E-state index in [-0.39, 0.29) is 17.7 Å². The highest BCUT2D eigenvalue weighted by Crippen LogP contribution is 2.28. The molecule has 0 aliphatic carbocycles. The van der Waals surface area contributed by atoms with Crippen molar-refractivity contribution in [3.05, 3.63) is 70.3 Å². The first-order valence-corrected chi connectivity index (χ1v) is 6.79. The summed E-state index contributed by atoms with van der Waals surface area (Å²) in [5.41, 5.74) is 2.70. The van der Waals surface area contributed by atoms with Gasteiger partial charge in [-0.05, 0) is 49.2 Å². The Morgan fingerprint density at radius 3 is 2.30 bits per heavy atom. The normalized spacial score (nSPS) is 12.4. The number of halogens is 2. The molecule has 2 aromatic rings. The monoisotopic (exact) mass is 275 g/mol. The minimum absolute atomic E-state index is 0.325. The Labute approximate surface area is 118 Å². The summed E-state index contributed by atoms with van der Waals surface area (Å²) in [4.78, 5) is 0. The number of benzene rings is 2. The zero-order chi connectivity index (χ0) is 14.7. The largest absolute Gasteiger partial charge is 0.306 e. The smallest absolute Gasteiger partial charge is 0.128 e. The average molecular weight is 275 g/mol. The van der Waals surface area contributed by atoms with Crippen LogP contribution in [-0.4, -0.2) is 6.54 Å². The van der Waals surface area contributed by atoms with E-state index in [9.17, 15) is 8.78 Å². The van der Waals surface area contributed by atoms with Crippen LogP contribution in [0, 0.1) is 25.5 Å². The standard InChI is InChI=1S/C17H19F2N/c1-4-20-17(13-8-6-5-7-11(13)2)14-10-15(18)12(3)9-16(14)19/h5-10,17,20H,4H2,1-3H3. The van der Waals surface area contributed by atoms with Crippen molar-refractivity contribution < 1.29 is 8.78 Å². The van der Waals surface area contributed by atoms with Crippen molar-refractivity contribution in [2.24, 2.45) is 0 Å². The van der Waals surface area contributed by atoms with E-state index in [2.05, 4.69) is 5.32 Å². The van der Waals surface area contributed by atoms with Crippen LogP contribution in [0.25, 0.3) is 0 Å². The molecule has 2 aromatic carbocycles. The van der Waals surface area contributed by atoms with Crippen LogP contribution in [0.3, 0.4) is 0 Å². The second kappa shape index (κ2) is 6.14. The highest BCUT2D eigenvalue weighted by molar-refractivity contribution is 5.38. The van der Waals surface area contributed by atoms with Crippen molar-refractivity contribution in [3.63, 3.8) is 0 Å². The highest BCUT2D eigenvalue weighted by atomic mass is 19.1. The van der Waals surface area contributed by atoms with Gasteiger partial charge in [0.15, 0.2) is 0 Å². The van der Waals surface area contributed by atoms with Crippen LogP contribution in [0.15, 0.2) is 36.4 Å². The topological polar surface area (TPSA) is 12.0 Å². The summed E-state index contributed by atoms with van der Waals surface area (Å²) in [6, 6.07) is 9.99. The molecule has 1 nitrogen and oxygen atoms in total. The van der Waals surface area contributed by atoms with Gasteiger partial charge in [-0.2, -0.15) is 0 Å². The van der Waals surface area contributed by atoms with Crippen LogP contribution < -0.4 is 5.32 Å². The summed E-state index contributed by atoms with van der Waals surface area (Å²) < 4.78 is 28.0. The van der Waals surface area contributed by atoms with Gasteiger partial charge in [0, 0.05) is 5.56 Å². The molecule has 0 aliphatic rings. The maximum Gasteiger partial charge on any atom is 0.128 e. The predicted octanol–water partition coefficient (Wildman–Crippen LogP) is 4.28. The maximum atomic E-state index is 14.2. The third-order valence-electron chi connectivity index (χ3n) is 3.50. The number of aryl methyl sites for hydroxylation is 2. The average Bonchev–Trinajstić information content (AvgIpc) is 2.42. The fourth-order valence-electron chi connectivity index (χ4n) is 2.39. The Balaban J connectivity index is 2.54. The van der Waals surface area contributed by atoms with E-state index in [4.69, 9.17) is 0 Å². The zero-order valence-corrected chi connectivity index (χ0v) is 12.0. The molecular formula is C17H19F2N. The lowest BCUT2D eigenvalue weighted by Crippen LogP contribution is -2.24. The van der Waals surface area contributed by atoms with Gasteiger partial charge in [-0.3, -0.25) is 0 Å². The van der Waals surface area contributed by atoms with Crippen LogP contribution in [-0.2, 0) is 0 Å². The van der Waals surface area contributed by atoms with E-state index in [0.717, 1.165) is 11.1 Å². The molecule has 2 rings (SSSR count). The molecule has 0 fully saturated rings. The van der Waals surface area contributed by atoms with Crippen LogP contribution in [0.2, 0.25) is 0 Å². The molecule has 0 heterocycles. The van der Waals surface area contributed by atoms with E-state index in [0.29, 0.717) is 17.7 Å². The van der Waals surface area contributed by atoms with Gasteiger partial charge in [-0.15, -0.1) is 0 Å². The van der Waals surface area contributed by atoms with Gasteiger partial charge >= 0.3 is 0 Å². The quantitative estimate of drug-likeness (QED) is 0.878. The lowest BCUT2D eigenvalue weighted by molar-refractivity contribution is 0.540.